The Bertz CT molecular complexity index is 469. The SMILES string of the molecule is OCC1(NC2CC2)CCCC(Sc2ncccc2Br)C1. The zero-order valence-corrected chi connectivity index (χ0v) is 13.9. The second-order valence-electron chi connectivity index (χ2n) is 5.98. The van der Waals surface area contributed by atoms with E-state index in [2.05, 4.69) is 26.2 Å². The van der Waals surface area contributed by atoms with Gasteiger partial charge < -0.3 is 10.4 Å². The number of nitrogens with one attached hydrogen (secondary N) is 1. The van der Waals surface area contributed by atoms with Gasteiger partial charge in [0.05, 0.1) is 6.61 Å². The largest absolute Gasteiger partial charge is 0.394 e. The van der Waals surface area contributed by atoms with Crippen LogP contribution in [0.3, 0.4) is 0 Å². The molecule has 3 nitrogen and oxygen atoms in total. The number of pyridine rings is 1. The summed E-state index contributed by atoms with van der Waals surface area (Å²) in [4.78, 5) is 4.45. The van der Waals surface area contributed by atoms with Crippen LogP contribution in [0.25, 0.3) is 0 Å². The van der Waals surface area contributed by atoms with Gasteiger partial charge in [-0.25, -0.2) is 4.98 Å². The number of rotatable bonds is 5. The van der Waals surface area contributed by atoms with E-state index in [1.165, 1.54) is 25.7 Å². The van der Waals surface area contributed by atoms with Gasteiger partial charge in [-0.2, -0.15) is 0 Å². The van der Waals surface area contributed by atoms with Crippen molar-refractivity contribution in [3.63, 3.8) is 0 Å². The molecule has 2 fully saturated rings. The molecule has 0 radical (unpaired) electrons. The zero-order valence-electron chi connectivity index (χ0n) is 11.5. The summed E-state index contributed by atoms with van der Waals surface area (Å²) in [5.41, 5.74) is -0.0572. The molecule has 3 rings (SSSR count). The third kappa shape index (κ3) is 3.56. The van der Waals surface area contributed by atoms with E-state index in [9.17, 15) is 5.11 Å². The molecular weight excluding hydrogens is 336 g/mol. The van der Waals surface area contributed by atoms with E-state index in [4.69, 9.17) is 0 Å². The Labute approximate surface area is 133 Å². The summed E-state index contributed by atoms with van der Waals surface area (Å²) in [6.45, 7) is 0.254. The molecule has 1 aromatic rings. The van der Waals surface area contributed by atoms with Gasteiger partial charge in [-0.3, -0.25) is 0 Å². The fourth-order valence-corrected chi connectivity index (χ4v) is 4.85. The Morgan fingerprint density at radius 2 is 2.30 bits per heavy atom. The second kappa shape index (κ2) is 6.34. The molecule has 110 valence electrons. The van der Waals surface area contributed by atoms with Crippen LogP contribution in [0, 0.1) is 0 Å². The van der Waals surface area contributed by atoms with Crippen molar-refractivity contribution in [2.24, 2.45) is 0 Å². The van der Waals surface area contributed by atoms with Crippen molar-refractivity contribution in [2.45, 2.75) is 60.4 Å². The maximum absolute atomic E-state index is 9.86. The molecule has 2 unspecified atom stereocenters. The lowest BCUT2D eigenvalue weighted by atomic mass is 9.82. The minimum absolute atomic E-state index is 0.0572. The lowest BCUT2D eigenvalue weighted by molar-refractivity contribution is 0.122. The van der Waals surface area contributed by atoms with Crippen molar-refractivity contribution in [3.05, 3.63) is 22.8 Å². The number of aliphatic hydroxyl groups is 1. The van der Waals surface area contributed by atoms with E-state index in [0.717, 1.165) is 22.3 Å². The van der Waals surface area contributed by atoms with Crippen molar-refractivity contribution < 1.29 is 5.11 Å². The fourth-order valence-electron chi connectivity index (χ4n) is 3.01. The maximum atomic E-state index is 9.86. The maximum Gasteiger partial charge on any atom is 0.110 e. The van der Waals surface area contributed by atoms with Gasteiger partial charge in [-0.15, -0.1) is 11.8 Å². The highest BCUT2D eigenvalue weighted by molar-refractivity contribution is 9.10. The molecule has 2 saturated carbocycles. The van der Waals surface area contributed by atoms with Gasteiger partial charge >= 0.3 is 0 Å². The highest BCUT2D eigenvalue weighted by Crippen LogP contribution is 2.40. The lowest BCUT2D eigenvalue weighted by Gasteiger charge is -2.40. The molecule has 0 aromatic carbocycles. The first-order chi connectivity index (χ1) is 9.71. The van der Waals surface area contributed by atoms with Crippen LogP contribution in [0.15, 0.2) is 27.8 Å². The highest BCUT2D eigenvalue weighted by Gasteiger charge is 2.40. The summed E-state index contributed by atoms with van der Waals surface area (Å²) in [5.74, 6) is 0. The van der Waals surface area contributed by atoms with Gasteiger partial charge in [0.15, 0.2) is 0 Å². The molecule has 0 aliphatic heterocycles. The standard InChI is InChI=1S/C15H21BrN2OS/c16-13-4-2-8-17-14(13)20-12-3-1-7-15(9-12,10-19)18-11-5-6-11/h2,4,8,11-12,18-19H,1,3,5-7,9-10H2. The van der Waals surface area contributed by atoms with Crippen LogP contribution in [0.4, 0.5) is 0 Å². The zero-order chi connectivity index (χ0) is 14.0. The first-order valence-electron chi connectivity index (χ1n) is 7.36. The average molecular weight is 357 g/mol. The quantitative estimate of drug-likeness (QED) is 0.848. The van der Waals surface area contributed by atoms with Crippen LogP contribution in [0.2, 0.25) is 0 Å². The number of aliphatic hydroxyl groups excluding tert-OH is 1. The second-order valence-corrected chi connectivity index (χ2v) is 8.13. The molecule has 5 heteroatoms. The monoisotopic (exact) mass is 356 g/mol. The normalized spacial score (nSPS) is 30.4. The minimum Gasteiger partial charge on any atom is -0.394 e. The molecule has 1 aromatic heterocycles. The molecule has 0 spiro atoms. The average Bonchev–Trinajstić information content (AvgIpc) is 3.26. The molecule has 0 bridgehead atoms. The smallest absolute Gasteiger partial charge is 0.110 e. The fraction of sp³-hybridized carbons (Fsp3) is 0.667. The molecule has 2 N–H and O–H groups in total. The summed E-state index contributed by atoms with van der Waals surface area (Å²) in [7, 11) is 0. The topological polar surface area (TPSA) is 45.1 Å². The molecule has 2 aliphatic carbocycles. The predicted octanol–water partition coefficient (Wildman–Crippen LogP) is 3.36. The first kappa shape index (κ1) is 14.8. The van der Waals surface area contributed by atoms with Crippen molar-refractivity contribution in [3.8, 4) is 0 Å². The lowest BCUT2D eigenvalue weighted by Crippen LogP contribution is -2.53. The molecule has 20 heavy (non-hydrogen) atoms. The van der Waals surface area contributed by atoms with E-state index in [1.807, 2.05) is 30.1 Å². The van der Waals surface area contributed by atoms with E-state index < -0.39 is 0 Å². The van der Waals surface area contributed by atoms with Gasteiger partial charge in [-0.05, 0) is 60.2 Å². The number of hydrogen-bond acceptors (Lipinski definition) is 4. The Kier molecular flexibility index (Phi) is 4.70. The van der Waals surface area contributed by atoms with Crippen molar-refractivity contribution in [1.29, 1.82) is 0 Å². The van der Waals surface area contributed by atoms with E-state index in [1.54, 1.807) is 0 Å². The number of hydrogen-bond donors (Lipinski definition) is 2. The number of nitrogens with zero attached hydrogens (tertiary/aromatic N) is 1. The molecule has 0 amide bonds. The first-order valence-corrected chi connectivity index (χ1v) is 9.04. The van der Waals surface area contributed by atoms with E-state index in [0.29, 0.717) is 11.3 Å². The van der Waals surface area contributed by atoms with Crippen molar-refractivity contribution in [1.82, 2.24) is 10.3 Å². The van der Waals surface area contributed by atoms with Crippen LogP contribution >= 0.6 is 27.7 Å². The Morgan fingerprint density at radius 1 is 1.45 bits per heavy atom. The van der Waals surface area contributed by atoms with E-state index >= 15 is 0 Å². The van der Waals surface area contributed by atoms with Crippen molar-refractivity contribution >= 4 is 27.7 Å². The van der Waals surface area contributed by atoms with Gasteiger partial charge in [0, 0.05) is 27.5 Å². The summed E-state index contributed by atoms with van der Waals surface area (Å²) >= 11 is 5.42. The minimum atomic E-state index is -0.0572. The number of thioether (sulfide) groups is 1. The van der Waals surface area contributed by atoms with E-state index in [-0.39, 0.29) is 12.1 Å². The van der Waals surface area contributed by atoms with Crippen molar-refractivity contribution in [2.75, 3.05) is 6.61 Å². The molecule has 2 aliphatic rings. The predicted molar refractivity (Wildman–Crippen MR) is 86.0 cm³/mol. The molecule has 0 saturated heterocycles. The number of halogens is 1. The van der Waals surface area contributed by atoms with Gasteiger partial charge in [0.2, 0.25) is 0 Å². The van der Waals surface area contributed by atoms with Gasteiger partial charge in [0.1, 0.15) is 5.03 Å². The Balaban J connectivity index is 1.66. The molecule has 1 heterocycles. The summed E-state index contributed by atoms with van der Waals surface area (Å²) in [6.07, 6.45) is 8.91. The Hall–Kier alpha value is -0.100. The third-order valence-electron chi connectivity index (χ3n) is 4.19. The summed E-state index contributed by atoms with van der Waals surface area (Å²) in [6, 6.07) is 4.63. The van der Waals surface area contributed by atoms with Crippen LogP contribution in [-0.2, 0) is 0 Å². The summed E-state index contributed by atoms with van der Waals surface area (Å²) in [5, 5.41) is 15.2. The molecular formula is C15H21BrN2OS. The number of aromatic nitrogens is 1. The summed E-state index contributed by atoms with van der Waals surface area (Å²) < 4.78 is 1.07. The van der Waals surface area contributed by atoms with Gasteiger partial charge in [0.25, 0.3) is 0 Å². The highest BCUT2D eigenvalue weighted by atomic mass is 79.9. The van der Waals surface area contributed by atoms with Gasteiger partial charge in [-0.1, -0.05) is 6.42 Å². The van der Waals surface area contributed by atoms with Crippen LogP contribution < -0.4 is 5.32 Å². The third-order valence-corrected chi connectivity index (χ3v) is 6.38. The van der Waals surface area contributed by atoms with Crippen LogP contribution in [0.5, 0.6) is 0 Å². The van der Waals surface area contributed by atoms with Crippen LogP contribution in [0.1, 0.15) is 38.5 Å². The van der Waals surface area contributed by atoms with Crippen LogP contribution in [-0.4, -0.2) is 33.5 Å². The molecule has 2 atom stereocenters. The Morgan fingerprint density at radius 3 is 3.00 bits per heavy atom.